The van der Waals surface area contributed by atoms with E-state index in [0.29, 0.717) is 5.25 Å². The highest BCUT2D eigenvalue weighted by Gasteiger charge is 2.21. The van der Waals surface area contributed by atoms with Crippen LogP contribution in [0.4, 0.5) is 5.69 Å². The van der Waals surface area contributed by atoms with Crippen LogP contribution in [0.2, 0.25) is 0 Å². The topological polar surface area (TPSA) is 12.0 Å². The van der Waals surface area contributed by atoms with Gasteiger partial charge >= 0.3 is 0 Å². The van der Waals surface area contributed by atoms with Gasteiger partial charge in [-0.1, -0.05) is 43.3 Å². The molecule has 1 atom stereocenters. The van der Waals surface area contributed by atoms with E-state index in [4.69, 9.17) is 0 Å². The Morgan fingerprint density at radius 1 is 1.11 bits per heavy atom. The third-order valence-corrected chi connectivity index (χ3v) is 4.95. The lowest BCUT2D eigenvalue weighted by atomic mass is 10.1. The Hall–Kier alpha value is -1.41. The summed E-state index contributed by atoms with van der Waals surface area (Å²) in [6.07, 6.45) is 2.27. The molecule has 1 N–H and O–H groups in total. The summed E-state index contributed by atoms with van der Waals surface area (Å²) < 4.78 is 0. The quantitative estimate of drug-likeness (QED) is 0.884. The zero-order valence-corrected chi connectivity index (χ0v) is 12.0. The summed E-state index contributed by atoms with van der Waals surface area (Å²) in [5.74, 6) is 0. The maximum absolute atomic E-state index is 3.62. The lowest BCUT2D eigenvalue weighted by Gasteiger charge is -2.14. The van der Waals surface area contributed by atoms with Gasteiger partial charge in [0.2, 0.25) is 0 Å². The minimum atomic E-state index is 0.655. The fourth-order valence-corrected chi connectivity index (χ4v) is 3.84. The number of nitrogens with one attached hydrogen (secondary N) is 1. The Kier molecular flexibility index (Phi) is 3.79. The molecular weight excluding hydrogens is 250 g/mol. The molecule has 0 saturated heterocycles. The SMILES string of the molecule is CCc1ccccc1NCC1Cc2ccccc2S1. The second-order valence-corrected chi connectivity index (χ2v) is 6.29. The molecule has 19 heavy (non-hydrogen) atoms. The Morgan fingerprint density at radius 2 is 1.89 bits per heavy atom. The van der Waals surface area contributed by atoms with E-state index in [1.165, 1.54) is 28.1 Å². The highest BCUT2D eigenvalue weighted by Crippen LogP contribution is 2.36. The fourth-order valence-electron chi connectivity index (χ4n) is 2.59. The number of hydrogen-bond acceptors (Lipinski definition) is 2. The van der Waals surface area contributed by atoms with Crippen molar-refractivity contribution in [1.82, 2.24) is 0 Å². The molecule has 98 valence electrons. The van der Waals surface area contributed by atoms with Crippen molar-refractivity contribution in [3.63, 3.8) is 0 Å². The molecule has 3 rings (SSSR count). The van der Waals surface area contributed by atoms with Crippen LogP contribution in [-0.4, -0.2) is 11.8 Å². The van der Waals surface area contributed by atoms with Crippen molar-refractivity contribution in [2.45, 2.75) is 29.9 Å². The number of aryl methyl sites for hydroxylation is 1. The van der Waals surface area contributed by atoms with E-state index >= 15 is 0 Å². The monoisotopic (exact) mass is 269 g/mol. The predicted molar refractivity (Wildman–Crippen MR) is 84.1 cm³/mol. The van der Waals surface area contributed by atoms with E-state index in [1.807, 2.05) is 11.8 Å². The molecule has 0 radical (unpaired) electrons. The summed E-state index contributed by atoms with van der Waals surface area (Å²) in [6.45, 7) is 3.25. The molecule has 1 aliphatic rings. The highest BCUT2D eigenvalue weighted by molar-refractivity contribution is 8.00. The van der Waals surface area contributed by atoms with E-state index in [9.17, 15) is 0 Å². The van der Waals surface area contributed by atoms with Crippen molar-refractivity contribution in [1.29, 1.82) is 0 Å². The van der Waals surface area contributed by atoms with Gasteiger partial charge in [0.05, 0.1) is 0 Å². The van der Waals surface area contributed by atoms with Gasteiger partial charge in [-0.05, 0) is 36.1 Å². The maximum atomic E-state index is 3.62. The molecule has 2 heteroatoms. The van der Waals surface area contributed by atoms with Gasteiger partial charge < -0.3 is 5.32 Å². The van der Waals surface area contributed by atoms with Crippen LogP contribution in [0.25, 0.3) is 0 Å². The number of para-hydroxylation sites is 1. The van der Waals surface area contributed by atoms with Crippen molar-refractivity contribution in [3.05, 3.63) is 59.7 Å². The third kappa shape index (κ3) is 2.79. The zero-order chi connectivity index (χ0) is 13.1. The average molecular weight is 269 g/mol. The van der Waals surface area contributed by atoms with Crippen LogP contribution in [0.5, 0.6) is 0 Å². The smallest absolute Gasteiger partial charge is 0.0372 e. The Labute approximate surface area is 119 Å². The summed E-state index contributed by atoms with van der Waals surface area (Å²) in [5.41, 5.74) is 4.20. The molecule has 1 aliphatic heterocycles. The third-order valence-electron chi connectivity index (χ3n) is 3.63. The first-order valence-corrected chi connectivity index (χ1v) is 7.81. The summed E-state index contributed by atoms with van der Waals surface area (Å²) in [7, 11) is 0. The average Bonchev–Trinajstić information content (AvgIpc) is 2.88. The Morgan fingerprint density at radius 3 is 2.74 bits per heavy atom. The Bertz CT molecular complexity index is 540. The first-order valence-electron chi connectivity index (χ1n) is 6.93. The lowest BCUT2D eigenvalue weighted by molar-refractivity contribution is 0.896. The van der Waals surface area contributed by atoms with Crippen molar-refractivity contribution < 1.29 is 0 Å². The molecular formula is C17H19NS. The van der Waals surface area contributed by atoms with Gasteiger partial charge in [0.25, 0.3) is 0 Å². The molecule has 0 saturated carbocycles. The largest absolute Gasteiger partial charge is 0.384 e. The summed E-state index contributed by atoms with van der Waals surface area (Å²) in [4.78, 5) is 1.46. The lowest BCUT2D eigenvalue weighted by Crippen LogP contribution is -2.16. The van der Waals surface area contributed by atoms with Gasteiger partial charge in [-0.15, -0.1) is 11.8 Å². The number of hydrogen-bond donors (Lipinski definition) is 1. The first kappa shape index (κ1) is 12.6. The standard InChI is InChI=1S/C17H19NS/c1-2-13-7-3-5-9-16(13)18-12-15-11-14-8-4-6-10-17(14)19-15/h3-10,15,18H,2,11-12H2,1H3. The molecule has 1 heterocycles. The first-order chi connectivity index (χ1) is 9.36. The van der Waals surface area contributed by atoms with Crippen molar-refractivity contribution in [3.8, 4) is 0 Å². The van der Waals surface area contributed by atoms with E-state index in [0.717, 1.165) is 13.0 Å². The van der Waals surface area contributed by atoms with E-state index < -0.39 is 0 Å². The van der Waals surface area contributed by atoms with E-state index in [-0.39, 0.29) is 0 Å². The summed E-state index contributed by atoms with van der Waals surface area (Å²) >= 11 is 2.01. The number of thioether (sulfide) groups is 1. The van der Waals surface area contributed by atoms with Crippen molar-refractivity contribution in [2.24, 2.45) is 0 Å². The highest BCUT2D eigenvalue weighted by atomic mass is 32.2. The van der Waals surface area contributed by atoms with E-state index in [1.54, 1.807) is 0 Å². The van der Waals surface area contributed by atoms with Crippen LogP contribution in [-0.2, 0) is 12.8 Å². The summed E-state index contributed by atoms with van der Waals surface area (Å²) in [5, 5.41) is 4.28. The van der Waals surface area contributed by atoms with Gasteiger partial charge in [-0.2, -0.15) is 0 Å². The van der Waals surface area contributed by atoms with Gasteiger partial charge in [0.1, 0.15) is 0 Å². The van der Waals surface area contributed by atoms with Gasteiger partial charge in [-0.3, -0.25) is 0 Å². The predicted octanol–water partition coefficient (Wildman–Crippen LogP) is 4.38. The zero-order valence-electron chi connectivity index (χ0n) is 11.2. The molecule has 1 nitrogen and oxygen atoms in total. The van der Waals surface area contributed by atoms with Crippen molar-refractivity contribution in [2.75, 3.05) is 11.9 Å². The molecule has 0 bridgehead atoms. The van der Waals surface area contributed by atoms with Crippen LogP contribution in [0.3, 0.4) is 0 Å². The molecule has 0 fully saturated rings. The van der Waals surface area contributed by atoms with Gasteiger partial charge in [-0.25, -0.2) is 0 Å². The minimum Gasteiger partial charge on any atom is -0.384 e. The number of rotatable bonds is 4. The van der Waals surface area contributed by atoms with Gasteiger partial charge in [0.15, 0.2) is 0 Å². The minimum absolute atomic E-state index is 0.655. The molecule has 2 aromatic carbocycles. The summed E-state index contributed by atoms with van der Waals surface area (Å²) in [6, 6.07) is 17.4. The van der Waals surface area contributed by atoms with Gasteiger partial charge in [0, 0.05) is 22.4 Å². The second kappa shape index (κ2) is 5.70. The van der Waals surface area contributed by atoms with Crippen LogP contribution in [0, 0.1) is 0 Å². The molecule has 0 aliphatic carbocycles. The maximum Gasteiger partial charge on any atom is 0.0372 e. The molecule has 0 amide bonds. The molecule has 2 aromatic rings. The Balaban J connectivity index is 1.63. The normalized spacial score (nSPS) is 17.2. The number of anilines is 1. The fraction of sp³-hybridized carbons (Fsp3) is 0.294. The van der Waals surface area contributed by atoms with Crippen LogP contribution >= 0.6 is 11.8 Å². The van der Waals surface area contributed by atoms with Crippen molar-refractivity contribution >= 4 is 17.4 Å². The molecule has 0 aromatic heterocycles. The van der Waals surface area contributed by atoms with E-state index in [2.05, 4.69) is 60.8 Å². The molecule has 1 unspecified atom stereocenters. The van der Waals surface area contributed by atoms with Crippen LogP contribution in [0.15, 0.2) is 53.4 Å². The molecule has 0 spiro atoms. The number of benzene rings is 2. The number of fused-ring (bicyclic) bond motifs is 1. The van der Waals surface area contributed by atoms with Crippen LogP contribution < -0.4 is 5.32 Å². The second-order valence-electron chi connectivity index (χ2n) is 4.94. The van der Waals surface area contributed by atoms with Crippen LogP contribution in [0.1, 0.15) is 18.1 Å².